The molecule has 0 radical (unpaired) electrons. The maximum absolute atomic E-state index is 13.5. The molecule has 0 bridgehead atoms. The lowest BCUT2D eigenvalue weighted by molar-refractivity contribution is 0.0736. The second kappa shape index (κ2) is 10.6. The van der Waals surface area contributed by atoms with Crippen LogP contribution >= 0.6 is 0 Å². The summed E-state index contributed by atoms with van der Waals surface area (Å²) in [6, 6.07) is 15.0. The monoisotopic (exact) mass is 472 g/mol. The fourth-order valence-corrected chi connectivity index (χ4v) is 4.39. The summed E-state index contributed by atoms with van der Waals surface area (Å²) in [5, 5.41) is 0. The minimum atomic E-state index is -0.0558. The quantitative estimate of drug-likeness (QED) is 0.409. The fourth-order valence-electron chi connectivity index (χ4n) is 4.39. The number of fused-ring (bicyclic) bond motifs is 1. The molecule has 1 aromatic carbocycles. The summed E-state index contributed by atoms with van der Waals surface area (Å²) >= 11 is 0. The molecule has 35 heavy (non-hydrogen) atoms. The van der Waals surface area contributed by atoms with E-state index in [2.05, 4.69) is 20.4 Å². The number of hydrogen-bond acceptors (Lipinski definition) is 6. The normalized spacial score (nSPS) is 16.1. The van der Waals surface area contributed by atoms with Gasteiger partial charge in [-0.3, -0.25) is 14.8 Å². The highest BCUT2D eigenvalue weighted by Crippen LogP contribution is 2.29. The van der Waals surface area contributed by atoms with Gasteiger partial charge in [-0.1, -0.05) is 6.07 Å². The lowest BCUT2D eigenvalue weighted by atomic mass is 10.0. The number of ether oxygens (including phenoxy) is 3. The molecule has 4 heterocycles. The van der Waals surface area contributed by atoms with Gasteiger partial charge in [0.05, 0.1) is 37.2 Å². The zero-order valence-electron chi connectivity index (χ0n) is 19.7. The summed E-state index contributed by atoms with van der Waals surface area (Å²) in [5.74, 6) is 1.17. The molecule has 3 aromatic heterocycles. The van der Waals surface area contributed by atoms with E-state index in [0.717, 1.165) is 23.3 Å². The topological polar surface area (TPSA) is 78.2 Å². The highest BCUT2D eigenvalue weighted by Gasteiger charge is 2.25. The van der Waals surface area contributed by atoms with Crippen molar-refractivity contribution in [3.63, 3.8) is 0 Å². The van der Waals surface area contributed by atoms with Gasteiger partial charge in [0.25, 0.3) is 5.91 Å². The smallest absolute Gasteiger partial charge is 0.254 e. The Hall–Kier alpha value is -3.91. The van der Waals surface area contributed by atoms with Crippen LogP contribution in [0.3, 0.4) is 0 Å². The van der Waals surface area contributed by atoms with E-state index in [9.17, 15) is 4.79 Å². The van der Waals surface area contributed by atoms with Crippen molar-refractivity contribution in [2.45, 2.75) is 13.0 Å². The Morgan fingerprint density at radius 2 is 2.03 bits per heavy atom. The van der Waals surface area contributed by atoms with Crippen molar-refractivity contribution in [2.75, 3.05) is 33.4 Å². The van der Waals surface area contributed by atoms with E-state index in [-0.39, 0.29) is 18.4 Å². The molecule has 1 aliphatic heterocycles. The van der Waals surface area contributed by atoms with Crippen molar-refractivity contribution in [1.82, 2.24) is 19.3 Å². The van der Waals surface area contributed by atoms with E-state index in [1.807, 2.05) is 47.8 Å². The Balaban J connectivity index is 1.31. The maximum Gasteiger partial charge on any atom is 0.254 e. The lowest BCUT2D eigenvalue weighted by Gasteiger charge is -2.24. The SMILES string of the molecule is COc1ccc(C(=O)N2CCOC[C@H](Cc3nccn4cccc34)C2)cc1OCc1ccccn1. The van der Waals surface area contributed by atoms with Gasteiger partial charge in [0, 0.05) is 49.4 Å². The fraction of sp³-hybridized carbons (Fsp3) is 0.296. The molecule has 0 saturated carbocycles. The predicted octanol–water partition coefficient (Wildman–Crippen LogP) is 3.65. The largest absolute Gasteiger partial charge is 0.493 e. The molecule has 0 aliphatic carbocycles. The van der Waals surface area contributed by atoms with E-state index in [1.165, 1.54) is 0 Å². The van der Waals surface area contributed by atoms with Gasteiger partial charge in [-0.15, -0.1) is 0 Å². The number of hydrogen-bond donors (Lipinski definition) is 0. The second-order valence-corrected chi connectivity index (χ2v) is 8.55. The number of carbonyl (C=O) groups excluding carboxylic acids is 1. The lowest BCUT2D eigenvalue weighted by Crippen LogP contribution is -2.36. The van der Waals surface area contributed by atoms with Crippen molar-refractivity contribution in [3.8, 4) is 11.5 Å². The molecule has 0 unspecified atom stereocenters. The first-order chi connectivity index (χ1) is 17.2. The van der Waals surface area contributed by atoms with Crippen LogP contribution in [0, 0.1) is 5.92 Å². The first-order valence-electron chi connectivity index (χ1n) is 11.7. The molecule has 1 amide bonds. The Morgan fingerprint density at radius 1 is 1.09 bits per heavy atom. The third-order valence-corrected chi connectivity index (χ3v) is 6.15. The molecule has 1 fully saturated rings. The zero-order chi connectivity index (χ0) is 24.0. The van der Waals surface area contributed by atoms with Crippen LogP contribution in [0.2, 0.25) is 0 Å². The molecule has 1 atom stereocenters. The number of rotatable bonds is 7. The number of methoxy groups -OCH3 is 1. The van der Waals surface area contributed by atoms with Crippen molar-refractivity contribution < 1.29 is 19.0 Å². The molecule has 5 rings (SSSR count). The van der Waals surface area contributed by atoms with Gasteiger partial charge in [0.1, 0.15) is 6.61 Å². The summed E-state index contributed by atoms with van der Waals surface area (Å²) in [4.78, 5) is 24.2. The van der Waals surface area contributed by atoms with Crippen LogP contribution in [-0.2, 0) is 17.8 Å². The van der Waals surface area contributed by atoms with E-state index in [4.69, 9.17) is 14.2 Å². The molecule has 8 nitrogen and oxygen atoms in total. The molecule has 180 valence electrons. The van der Waals surface area contributed by atoms with Gasteiger partial charge in [0.15, 0.2) is 11.5 Å². The van der Waals surface area contributed by atoms with E-state index in [1.54, 1.807) is 31.5 Å². The van der Waals surface area contributed by atoms with Gasteiger partial charge in [0.2, 0.25) is 0 Å². The van der Waals surface area contributed by atoms with E-state index >= 15 is 0 Å². The average Bonchev–Trinajstić information content (AvgIpc) is 3.27. The third-order valence-electron chi connectivity index (χ3n) is 6.15. The first-order valence-corrected chi connectivity index (χ1v) is 11.7. The van der Waals surface area contributed by atoms with Crippen LogP contribution in [0.4, 0.5) is 0 Å². The highest BCUT2D eigenvalue weighted by molar-refractivity contribution is 5.95. The van der Waals surface area contributed by atoms with Crippen LogP contribution in [0.5, 0.6) is 11.5 Å². The Labute approximate surface area is 204 Å². The summed E-state index contributed by atoms with van der Waals surface area (Å²) in [5.41, 5.74) is 3.44. The van der Waals surface area contributed by atoms with Crippen molar-refractivity contribution >= 4 is 11.4 Å². The summed E-state index contributed by atoms with van der Waals surface area (Å²) in [7, 11) is 1.58. The van der Waals surface area contributed by atoms with Crippen molar-refractivity contribution in [2.24, 2.45) is 5.92 Å². The zero-order valence-corrected chi connectivity index (χ0v) is 19.7. The van der Waals surface area contributed by atoms with Gasteiger partial charge in [-0.05, 0) is 48.9 Å². The number of carbonyl (C=O) groups is 1. The van der Waals surface area contributed by atoms with Crippen molar-refractivity contribution in [3.05, 3.63) is 90.3 Å². The maximum atomic E-state index is 13.5. The molecule has 0 N–H and O–H groups in total. The molecule has 0 spiro atoms. The third kappa shape index (κ3) is 5.27. The summed E-state index contributed by atoms with van der Waals surface area (Å²) in [6.45, 7) is 2.51. The summed E-state index contributed by atoms with van der Waals surface area (Å²) < 4.78 is 19.3. The van der Waals surface area contributed by atoms with Crippen LogP contribution in [0.25, 0.3) is 5.52 Å². The highest BCUT2D eigenvalue weighted by atomic mass is 16.5. The minimum absolute atomic E-state index is 0.0558. The van der Waals surface area contributed by atoms with Gasteiger partial charge < -0.3 is 23.5 Å². The molecule has 8 heteroatoms. The average molecular weight is 473 g/mol. The van der Waals surface area contributed by atoms with Crippen LogP contribution in [-0.4, -0.2) is 58.6 Å². The molecule has 1 saturated heterocycles. The van der Waals surface area contributed by atoms with E-state index < -0.39 is 0 Å². The molecular formula is C27H28N4O4. The number of aromatic nitrogens is 3. The van der Waals surface area contributed by atoms with Gasteiger partial charge in [-0.2, -0.15) is 0 Å². The Kier molecular flexibility index (Phi) is 6.90. The molecule has 4 aromatic rings. The van der Waals surface area contributed by atoms with Crippen LogP contribution in [0.15, 0.2) is 73.3 Å². The standard InChI is InChI=1S/C27H28N4O4/c1-33-25-8-7-21(16-26(25)35-19-22-5-2-3-9-28-22)27(32)31-13-14-34-18-20(17-31)15-23-24-6-4-11-30(24)12-10-29-23/h2-12,16,20H,13-15,17-19H2,1H3/t20-/m1/s1. The number of nitrogens with zero attached hydrogens (tertiary/aromatic N) is 4. The number of benzene rings is 1. The molecule has 1 aliphatic rings. The Bertz CT molecular complexity index is 1290. The van der Waals surface area contributed by atoms with Gasteiger partial charge in [-0.25, -0.2) is 0 Å². The van der Waals surface area contributed by atoms with Crippen LogP contribution in [0.1, 0.15) is 21.7 Å². The summed E-state index contributed by atoms with van der Waals surface area (Å²) in [6.07, 6.45) is 8.22. The van der Waals surface area contributed by atoms with E-state index in [0.29, 0.717) is 43.4 Å². The number of amides is 1. The minimum Gasteiger partial charge on any atom is -0.493 e. The first kappa shape index (κ1) is 22.9. The van der Waals surface area contributed by atoms with Crippen LogP contribution < -0.4 is 9.47 Å². The second-order valence-electron chi connectivity index (χ2n) is 8.55. The van der Waals surface area contributed by atoms with Crippen molar-refractivity contribution in [1.29, 1.82) is 0 Å². The van der Waals surface area contributed by atoms with Gasteiger partial charge >= 0.3 is 0 Å². The molecular weight excluding hydrogens is 444 g/mol. The predicted molar refractivity (Wildman–Crippen MR) is 131 cm³/mol. The number of pyridine rings is 1. The Morgan fingerprint density at radius 3 is 2.89 bits per heavy atom.